The van der Waals surface area contributed by atoms with Crippen molar-refractivity contribution < 1.29 is 9.59 Å². The van der Waals surface area contributed by atoms with Gasteiger partial charge in [-0.25, -0.2) is 4.37 Å². The first-order chi connectivity index (χ1) is 14.9. The Labute approximate surface area is 184 Å². The van der Waals surface area contributed by atoms with E-state index < -0.39 is 0 Å². The SMILES string of the molecule is Cc1cc(C=O)ccc1C(=O)N[C@H](C)c1cc(-c2cnn(C)c2)cc(-c2ccns2)c1. The van der Waals surface area contributed by atoms with Gasteiger partial charge in [0, 0.05) is 36.1 Å². The summed E-state index contributed by atoms with van der Waals surface area (Å²) in [7, 11) is 1.89. The Morgan fingerprint density at radius 2 is 1.94 bits per heavy atom. The minimum atomic E-state index is -0.221. The first kappa shape index (κ1) is 20.7. The number of carbonyl (C=O) groups is 2. The van der Waals surface area contributed by atoms with Gasteiger partial charge in [-0.05, 0) is 84.0 Å². The molecule has 2 heterocycles. The van der Waals surface area contributed by atoms with Crippen LogP contribution in [0.2, 0.25) is 0 Å². The van der Waals surface area contributed by atoms with E-state index in [9.17, 15) is 9.59 Å². The molecule has 1 N–H and O–H groups in total. The summed E-state index contributed by atoms with van der Waals surface area (Å²) in [5.74, 6) is -0.173. The van der Waals surface area contributed by atoms with Crippen LogP contribution in [0.4, 0.5) is 0 Å². The molecule has 0 saturated carbocycles. The predicted octanol–water partition coefficient (Wildman–Crippen LogP) is 4.82. The average Bonchev–Trinajstić information content (AvgIpc) is 3.45. The van der Waals surface area contributed by atoms with Gasteiger partial charge in [-0.15, -0.1) is 0 Å². The van der Waals surface area contributed by atoms with Crippen LogP contribution in [0, 0.1) is 6.92 Å². The Morgan fingerprint density at radius 1 is 1.13 bits per heavy atom. The summed E-state index contributed by atoms with van der Waals surface area (Å²) in [6.07, 6.45) is 6.36. The van der Waals surface area contributed by atoms with Gasteiger partial charge in [0.1, 0.15) is 6.29 Å². The van der Waals surface area contributed by atoms with Crippen LogP contribution in [-0.4, -0.2) is 26.3 Å². The Kier molecular flexibility index (Phi) is 5.77. The lowest BCUT2D eigenvalue weighted by Gasteiger charge is -2.17. The molecule has 2 aromatic heterocycles. The Bertz CT molecular complexity index is 1240. The second-order valence-electron chi connectivity index (χ2n) is 7.51. The number of amides is 1. The van der Waals surface area contributed by atoms with Crippen molar-refractivity contribution in [3.63, 3.8) is 0 Å². The van der Waals surface area contributed by atoms with Gasteiger partial charge in [-0.1, -0.05) is 6.07 Å². The van der Waals surface area contributed by atoms with E-state index in [1.807, 2.05) is 39.4 Å². The molecule has 7 heteroatoms. The molecule has 0 aliphatic carbocycles. The van der Waals surface area contributed by atoms with E-state index in [0.29, 0.717) is 11.1 Å². The van der Waals surface area contributed by atoms with Crippen LogP contribution in [0.1, 0.15) is 44.8 Å². The molecular weight excluding hydrogens is 408 g/mol. The molecule has 31 heavy (non-hydrogen) atoms. The van der Waals surface area contributed by atoms with Crippen LogP contribution < -0.4 is 5.32 Å². The van der Waals surface area contributed by atoms with Gasteiger partial charge in [0.05, 0.1) is 17.1 Å². The summed E-state index contributed by atoms with van der Waals surface area (Å²) in [6, 6.07) is 13.1. The number of aldehydes is 1. The topological polar surface area (TPSA) is 76.9 Å². The average molecular weight is 431 g/mol. The number of rotatable bonds is 6. The molecule has 0 bridgehead atoms. The number of nitrogens with zero attached hydrogens (tertiary/aromatic N) is 3. The highest BCUT2D eigenvalue weighted by Crippen LogP contribution is 2.32. The minimum absolute atomic E-state index is 0.173. The van der Waals surface area contributed by atoms with Crippen LogP contribution in [0.5, 0.6) is 0 Å². The van der Waals surface area contributed by atoms with E-state index in [4.69, 9.17) is 0 Å². The third kappa shape index (κ3) is 4.46. The third-order valence-electron chi connectivity index (χ3n) is 5.19. The second-order valence-corrected chi connectivity index (χ2v) is 8.34. The fourth-order valence-corrected chi connectivity index (χ4v) is 4.10. The molecule has 0 aliphatic rings. The Hall–Kier alpha value is -3.58. The second kappa shape index (κ2) is 8.65. The van der Waals surface area contributed by atoms with Gasteiger partial charge in [0.15, 0.2) is 0 Å². The smallest absolute Gasteiger partial charge is 0.252 e. The number of benzene rings is 2. The molecule has 0 radical (unpaired) electrons. The van der Waals surface area contributed by atoms with E-state index in [1.54, 1.807) is 29.1 Å². The number of hydrogen-bond acceptors (Lipinski definition) is 5. The summed E-state index contributed by atoms with van der Waals surface area (Å²) in [5, 5.41) is 7.37. The minimum Gasteiger partial charge on any atom is -0.346 e. The predicted molar refractivity (Wildman–Crippen MR) is 122 cm³/mol. The Balaban J connectivity index is 1.67. The van der Waals surface area contributed by atoms with Gasteiger partial charge < -0.3 is 5.32 Å². The highest BCUT2D eigenvalue weighted by Gasteiger charge is 2.16. The zero-order chi connectivity index (χ0) is 22.0. The van der Waals surface area contributed by atoms with Gasteiger partial charge >= 0.3 is 0 Å². The Morgan fingerprint density at radius 3 is 2.58 bits per heavy atom. The van der Waals surface area contributed by atoms with E-state index in [2.05, 4.69) is 33.0 Å². The third-order valence-corrected chi connectivity index (χ3v) is 5.99. The highest BCUT2D eigenvalue weighted by atomic mass is 32.1. The molecule has 0 spiro atoms. The fourth-order valence-electron chi connectivity index (χ4n) is 3.52. The van der Waals surface area contributed by atoms with Crippen molar-refractivity contribution in [2.24, 2.45) is 7.05 Å². The lowest BCUT2D eigenvalue weighted by Crippen LogP contribution is -2.27. The number of aryl methyl sites for hydroxylation is 2. The largest absolute Gasteiger partial charge is 0.346 e. The lowest BCUT2D eigenvalue weighted by atomic mass is 9.97. The van der Waals surface area contributed by atoms with Crippen molar-refractivity contribution in [1.82, 2.24) is 19.5 Å². The number of carbonyl (C=O) groups excluding carboxylic acids is 2. The standard InChI is InChI=1S/C24H22N4O2S/c1-15-8-17(14-29)4-5-22(15)24(30)27-16(2)18-9-19(21-12-25-28(3)13-21)11-20(10-18)23-6-7-26-31-23/h4-14,16H,1-3H3,(H,27,30)/t16-/m1/s1. The maximum atomic E-state index is 12.9. The van der Waals surface area contributed by atoms with Crippen molar-refractivity contribution in [3.8, 4) is 21.6 Å². The summed E-state index contributed by atoms with van der Waals surface area (Å²) >= 11 is 1.44. The fraction of sp³-hybridized carbons (Fsp3) is 0.167. The highest BCUT2D eigenvalue weighted by molar-refractivity contribution is 7.09. The van der Waals surface area contributed by atoms with Crippen LogP contribution in [0.3, 0.4) is 0 Å². The first-order valence-corrected chi connectivity index (χ1v) is 10.6. The van der Waals surface area contributed by atoms with E-state index in [-0.39, 0.29) is 11.9 Å². The van der Waals surface area contributed by atoms with Crippen LogP contribution in [-0.2, 0) is 7.05 Å². The van der Waals surface area contributed by atoms with Crippen molar-refractivity contribution in [3.05, 3.63) is 83.3 Å². The van der Waals surface area contributed by atoms with Crippen LogP contribution in [0.15, 0.2) is 61.1 Å². The molecule has 0 fully saturated rings. The van der Waals surface area contributed by atoms with E-state index in [0.717, 1.165) is 39.0 Å². The monoisotopic (exact) mass is 430 g/mol. The zero-order valence-electron chi connectivity index (χ0n) is 17.5. The van der Waals surface area contributed by atoms with Gasteiger partial charge in [0.25, 0.3) is 5.91 Å². The van der Waals surface area contributed by atoms with Crippen molar-refractivity contribution in [2.75, 3.05) is 0 Å². The van der Waals surface area contributed by atoms with E-state index >= 15 is 0 Å². The quantitative estimate of drug-likeness (QED) is 0.445. The summed E-state index contributed by atoms with van der Waals surface area (Å²) in [4.78, 5) is 24.9. The van der Waals surface area contributed by atoms with Crippen molar-refractivity contribution in [2.45, 2.75) is 19.9 Å². The summed E-state index contributed by atoms with van der Waals surface area (Å²) in [6.45, 7) is 3.79. The van der Waals surface area contributed by atoms with Crippen LogP contribution >= 0.6 is 11.5 Å². The van der Waals surface area contributed by atoms with Gasteiger partial charge in [-0.2, -0.15) is 5.10 Å². The first-order valence-electron chi connectivity index (χ1n) is 9.86. The number of nitrogens with one attached hydrogen (secondary N) is 1. The molecule has 156 valence electrons. The molecule has 2 aromatic carbocycles. The molecule has 0 saturated heterocycles. The molecule has 0 aliphatic heterocycles. The molecule has 0 unspecified atom stereocenters. The lowest BCUT2D eigenvalue weighted by molar-refractivity contribution is 0.0938. The maximum Gasteiger partial charge on any atom is 0.252 e. The van der Waals surface area contributed by atoms with Crippen LogP contribution in [0.25, 0.3) is 21.6 Å². The molecule has 4 aromatic rings. The van der Waals surface area contributed by atoms with Gasteiger partial charge in [0.2, 0.25) is 0 Å². The maximum absolute atomic E-state index is 12.9. The molecular formula is C24H22N4O2S. The number of aromatic nitrogens is 3. The summed E-state index contributed by atoms with van der Waals surface area (Å²) < 4.78 is 5.99. The summed E-state index contributed by atoms with van der Waals surface area (Å²) in [5.41, 5.74) is 5.95. The van der Waals surface area contributed by atoms with E-state index in [1.165, 1.54) is 11.5 Å². The normalized spacial score (nSPS) is 11.8. The molecule has 4 rings (SSSR count). The van der Waals surface area contributed by atoms with Crippen molar-refractivity contribution >= 4 is 23.7 Å². The zero-order valence-corrected chi connectivity index (χ0v) is 18.3. The molecule has 1 atom stereocenters. The van der Waals surface area contributed by atoms with Crippen molar-refractivity contribution in [1.29, 1.82) is 0 Å². The number of hydrogen-bond donors (Lipinski definition) is 1. The van der Waals surface area contributed by atoms with Gasteiger partial charge in [-0.3, -0.25) is 14.3 Å². The molecule has 6 nitrogen and oxygen atoms in total. The molecule has 1 amide bonds.